The second kappa shape index (κ2) is 9.64. The summed E-state index contributed by atoms with van der Waals surface area (Å²) >= 11 is 0. The minimum atomic E-state index is -0.259. The summed E-state index contributed by atoms with van der Waals surface area (Å²) in [5.74, 6) is 0.641. The van der Waals surface area contributed by atoms with Gasteiger partial charge in [-0.1, -0.05) is 12.1 Å². The number of nitrogens with zero attached hydrogens (tertiary/aromatic N) is 2. The Kier molecular flexibility index (Phi) is 6.50. The Morgan fingerprint density at radius 3 is 2.48 bits per heavy atom. The maximum absolute atomic E-state index is 12.3. The predicted octanol–water partition coefficient (Wildman–Crippen LogP) is 3.34. The summed E-state index contributed by atoms with van der Waals surface area (Å²) in [7, 11) is 0. The zero-order valence-electron chi connectivity index (χ0n) is 17.5. The molecule has 2 aliphatic heterocycles. The standard InChI is InChI=1S/C24H27N3O4/c28-22(17-31-21-11-9-20(10-12-21)27-14-4-8-24(27)30)25-19-6-3-5-18(15-19)16-26-13-2-1-7-23(26)29/h3,5-6,9-12,15H,1-2,4,7-8,13-14,16-17H2,(H,25,28). The fourth-order valence-corrected chi connectivity index (χ4v) is 3.99. The average Bonchev–Trinajstić information content (AvgIpc) is 3.20. The second-order valence-corrected chi connectivity index (χ2v) is 7.95. The van der Waals surface area contributed by atoms with E-state index in [1.54, 1.807) is 17.0 Å². The van der Waals surface area contributed by atoms with E-state index in [2.05, 4.69) is 5.32 Å². The molecule has 2 saturated heterocycles. The number of hydrogen-bond donors (Lipinski definition) is 1. The van der Waals surface area contributed by atoms with Gasteiger partial charge in [0, 0.05) is 43.9 Å². The summed E-state index contributed by atoms with van der Waals surface area (Å²) in [6.07, 6.45) is 4.09. The number of rotatable bonds is 7. The average molecular weight is 421 g/mol. The molecular weight excluding hydrogens is 394 g/mol. The van der Waals surface area contributed by atoms with Crippen LogP contribution in [0, 0.1) is 0 Å². The summed E-state index contributed by atoms with van der Waals surface area (Å²) in [4.78, 5) is 39.8. The smallest absolute Gasteiger partial charge is 0.262 e. The first-order valence-corrected chi connectivity index (χ1v) is 10.8. The molecular formula is C24H27N3O4. The first kappa shape index (κ1) is 20.9. The molecule has 7 nitrogen and oxygen atoms in total. The van der Waals surface area contributed by atoms with Crippen LogP contribution >= 0.6 is 0 Å². The van der Waals surface area contributed by atoms with Gasteiger partial charge >= 0.3 is 0 Å². The molecule has 4 rings (SSSR count). The maximum Gasteiger partial charge on any atom is 0.262 e. The lowest BCUT2D eigenvalue weighted by Crippen LogP contribution is -2.34. The highest BCUT2D eigenvalue weighted by molar-refractivity contribution is 5.95. The second-order valence-electron chi connectivity index (χ2n) is 7.95. The SMILES string of the molecule is O=C(COc1ccc(N2CCCC2=O)cc1)Nc1cccc(CN2CCCCC2=O)c1. The van der Waals surface area contributed by atoms with Gasteiger partial charge in [-0.15, -0.1) is 0 Å². The summed E-state index contributed by atoms with van der Waals surface area (Å²) in [6.45, 7) is 1.97. The Morgan fingerprint density at radius 2 is 1.74 bits per heavy atom. The zero-order valence-corrected chi connectivity index (χ0v) is 17.5. The van der Waals surface area contributed by atoms with E-state index in [-0.39, 0.29) is 24.3 Å². The van der Waals surface area contributed by atoms with Gasteiger partial charge in [-0.2, -0.15) is 0 Å². The lowest BCUT2D eigenvalue weighted by Gasteiger charge is -2.26. The number of carbonyl (C=O) groups is 3. The van der Waals surface area contributed by atoms with E-state index in [1.807, 2.05) is 41.3 Å². The third-order valence-corrected chi connectivity index (χ3v) is 5.60. The normalized spacial score (nSPS) is 16.5. The van der Waals surface area contributed by atoms with Crippen LogP contribution in [0.15, 0.2) is 48.5 Å². The molecule has 7 heteroatoms. The van der Waals surface area contributed by atoms with E-state index in [0.29, 0.717) is 30.8 Å². The van der Waals surface area contributed by atoms with Crippen molar-refractivity contribution < 1.29 is 19.1 Å². The van der Waals surface area contributed by atoms with Crippen LogP contribution in [0.25, 0.3) is 0 Å². The molecule has 31 heavy (non-hydrogen) atoms. The van der Waals surface area contributed by atoms with Crippen LogP contribution in [0.1, 0.15) is 37.7 Å². The van der Waals surface area contributed by atoms with Crippen LogP contribution in [0.4, 0.5) is 11.4 Å². The molecule has 2 aromatic rings. The van der Waals surface area contributed by atoms with Crippen molar-refractivity contribution in [1.82, 2.24) is 4.90 Å². The Bertz CT molecular complexity index is 958. The van der Waals surface area contributed by atoms with Crippen LogP contribution in [0.5, 0.6) is 5.75 Å². The topological polar surface area (TPSA) is 79.0 Å². The minimum absolute atomic E-state index is 0.114. The summed E-state index contributed by atoms with van der Waals surface area (Å²) in [6, 6.07) is 14.8. The molecule has 3 amide bonds. The Balaban J connectivity index is 1.28. The number of benzene rings is 2. The fraction of sp³-hybridized carbons (Fsp3) is 0.375. The van der Waals surface area contributed by atoms with Crippen molar-refractivity contribution in [3.63, 3.8) is 0 Å². The molecule has 2 aromatic carbocycles. The van der Waals surface area contributed by atoms with Gasteiger partial charge < -0.3 is 19.9 Å². The summed E-state index contributed by atoms with van der Waals surface area (Å²) in [5.41, 5.74) is 2.52. The first-order valence-electron chi connectivity index (χ1n) is 10.8. The molecule has 2 aliphatic rings. The summed E-state index contributed by atoms with van der Waals surface area (Å²) < 4.78 is 5.58. The molecule has 0 aromatic heterocycles. The minimum Gasteiger partial charge on any atom is -0.484 e. The van der Waals surface area contributed by atoms with E-state index < -0.39 is 0 Å². The van der Waals surface area contributed by atoms with Crippen molar-refractivity contribution >= 4 is 29.1 Å². The van der Waals surface area contributed by atoms with Crippen molar-refractivity contribution in [1.29, 1.82) is 0 Å². The van der Waals surface area contributed by atoms with Crippen LogP contribution in [-0.4, -0.2) is 42.3 Å². The van der Waals surface area contributed by atoms with Crippen LogP contribution in [0.3, 0.4) is 0 Å². The molecule has 0 saturated carbocycles. The number of anilines is 2. The van der Waals surface area contributed by atoms with Crippen molar-refractivity contribution in [2.24, 2.45) is 0 Å². The molecule has 0 radical (unpaired) electrons. The van der Waals surface area contributed by atoms with Crippen molar-refractivity contribution in [2.75, 3.05) is 29.9 Å². The van der Waals surface area contributed by atoms with E-state index in [4.69, 9.17) is 4.74 Å². The Morgan fingerprint density at radius 1 is 0.935 bits per heavy atom. The molecule has 0 bridgehead atoms. The molecule has 2 fully saturated rings. The number of carbonyl (C=O) groups excluding carboxylic acids is 3. The third-order valence-electron chi connectivity index (χ3n) is 5.60. The molecule has 2 heterocycles. The van der Waals surface area contributed by atoms with E-state index in [0.717, 1.165) is 43.6 Å². The van der Waals surface area contributed by atoms with Gasteiger partial charge in [-0.25, -0.2) is 0 Å². The molecule has 0 aliphatic carbocycles. The van der Waals surface area contributed by atoms with Crippen LogP contribution in [-0.2, 0) is 20.9 Å². The lowest BCUT2D eigenvalue weighted by atomic mass is 10.1. The quantitative estimate of drug-likeness (QED) is 0.744. The highest BCUT2D eigenvalue weighted by atomic mass is 16.5. The van der Waals surface area contributed by atoms with Crippen LogP contribution in [0.2, 0.25) is 0 Å². The van der Waals surface area contributed by atoms with Gasteiger partial charge in [0.2, 0.25) is 11.8 Å². The van der Waals surface area contributed by atoms with E-state index >= 15 is 0 Å². The predicted molar refractivity (Wildman–Crippen MR) is 118 cm³/mol. The van der Waals surface area contributed by atoms with Gasteiger partial charge in [0.15, 0.2) is 6.61 Å². The Hall–Kier alpha value is -3.35. The van der Waals surface area contributed by atoms with Gasteiger partial charge in [-0.3, -0.25) is 14.4 Å². The van der Waals surface area contributed by atoms with Crippen molar-refractivity contribution in [3.05, 3.63) is 54.1 Å². The molecule has 1 N–H and O–H groups in total. The van der Waals surface area contributed by atoms with E-state index in [1.165, 1.54) is 0 Å². The van der Waals surface area contributed by atoms with Crippen molar-refractivity contribution in [3.8, 4) is 5.75 Å². The molecule has 0 atom stereocenters. The number of likely N-dealkylation sites (tertiary alicyclic amines) is 1. The number of piperidine rings is 1. The number of amides is 3. The van der Waals surface area contributed by atoms with Crippen LogP contribution < -0.4 is 15.0 Å². The molecule has 0 spiro atoms. The number of ether oxygens (including phenoxy) is 1. The fourth-order valence-electron chi connectivity index (χ4n) is 3.99. The highest BCUT2D eigenvalue weighted by Crippen LogP contribution is 2.24. The monoisotopic (exact) mass is 421 g/mol. The molecule has 0 unspecified atom stereocenters. The zero-order chi connectivity index (χ0) is 21.6. The maximum atomic E-state index is 12.3. The first-order chi connectivity index (χ1) is 15.1. The van der Waals surface area contributed by atoms with Gasteiger partial charge in [0.25, 0.3) is 5.91 Å². The van der Waals surface area contributed by atoms with Gasteiger partial charge in [0.1, 0.15) is 5.75 Å². The largest absolute Gasteiger partial charge is 0.484 e. The Labute approximate surface area is 182 Å². The lowest BCUT2D eigenvalue weighted by molar-refractivity contribution is -0.133. The summed E-state index contributed by atoms with van der Waals surface area (Å²) in [5, 5.41) is 2.84. The van der Waals surface area contributed by atoms with Gasteiger partial charge in [-0.05, 0) is 61.2 Å². The highest BCUT2D eigenvalue weighted by Gasteiger charge is 2.21. The van der Waals surface area contributed by atoms with E-state index in [9.17, 15) is 14.4 Å². The van der Waals surface area contributed by atoms with Gasteiger partial charge in [0.05, 0.1) is 0 Å². The molecule has 162 valence electrons. The number of hydrogen-bond acceptors (Lipinski definition) is 4. The third kappa shape index (κ3) is 5.42. The number of nitrogens with one attached hydrogen (secondary N) is 1. The van der Waals surface area contributed by atoms with Crippen molar-refractivity contribution in [2.45, 2.75) is 38.6 Å².